The zero-order valence-corrected chi connectivity index (χ0v) is 12.1. The van der Waals surface area contributed by atoms with Crippen LogP contribution in [0, 0.1) is 11.6 Å². The summed E-state index contributed by atoms with van der Waals surface area (Å²) < 4.78 is 27.3. The first-order chi connectivity index (χ1) is 10.1. The maximum atomic E-state index is 13.8. The predicted molar refractivity (Wildman–Crippen MR) is 78.5 cm³/mol. The summed E-state index contributed by atoms with van der Waals surface area (Å²) in [6.07, 6.45) is 2.44. The lowest BCUT2D eigenvalue weighted by atomic mass is 9.80. The van der Waals surface area contributed by atoms with Gasteiger partial charge in [-0.1, -0.05) is 42.3 Å². The van der Waals surface area contributed by atoms with Gasteiger partial charge in [-0.3, -0.25) is 0 Å². The summed E-state index contributed by atoms with van der Waals surface area (Å²) in [6, 6.07) is 9.27. The van der Waals surface area contributed by atoms with E-state index in [9.17, 15) is 13.9 Å². The van der Waals surface area contributed by atoms with Crippen molar-refractivity contribution in [3.8, 4) is 0 Å². The van der Waals surface area contributed by atoms with Crippen molar-refractivity contribution in [3.63, 3.8) is 0 Å². The molecule has 0 aliphatic heterocycles. The van der Waals surface area contributed by atoms with Gasteiger partial charge in [0.05, 0.1) is 5.02 Å². The second-order valence-corrected chi connectivity index (χ2v) is 5.89. The Kier molecular flexibility index (Phi) is 3.96. The van der Waals surface area contributed by atoms with Crippen LogP contribution in [0.5, 0.6) is 0 Å². The maximum absolute atomic E-state index is 13.8. The molecule has 4 heteroatoms. The number of aliphatic hydroxyl groups excluding tert-OH is 1. The summed E-state index contributed by atoms with van der Waals surface area (Å²) in [6.45, 7) is 0. The molecule has 21 heavy (non-hydrogen) atoms. The normalized spacial score (nSPS) is 16.6. The van der Waals surface area contributed by atoms with Gasteiger partial charge in [-0.25, -0.2) is 8.78 Å². The zero-order chi connectivity index (χ0) is 15.0. The molecule has 0 bridgehead atoms. The standard InChI is InChI=1S/C17H15ClF2O/c18-14-9-15(19)13(8-16(14)20)17(21)12-6-4-11(5-7-12)10-2-1-3-10/h4-10,17,21H,1-3H2. The van der Waals surface area contributed by atoms with E-state index in [1.54, 1.807) is 12.1 Å². The van der Waals surface area contributed by atoms with Gasteiger partial charge in [-0.05, 0) is 42.0 Å². The summed E-state index contributed by atoms with van der Waals surface area (Å²) in [4.78, 5) is 0. The molecular weight excluding hydrogens is 294 g/mol. The third kappa shape index (κ3) is 2.81. The molecule has 110 valence electrons. The van der Waals surface area contributed by atoms with E-state index in [0.717, 1.165) is 12.1 Å². The lowest BCUT2D eigenvalue weighted by molar-refractivity contribution is 0.214. The Morgan fingerprint density at radius 3 is 2.29 bits per heavy atom. The van der Waals surface area contributed by atoms with Crippen LogP contribution in [0.3, 0.4) is 0 Å². The van der Waals surface area contributed by atoms with Crippen LogP contribution < -0.4 is 0 Å². The van der Waals surface area contributed by atoms with Crippen LogP contribution in [0.15, 0.2) is 36.4 Å². The summed E-state index contributed by atoms with van der Waals surface area (Å²) >= 11 is 5.52. The molecule has 0 spiro atoms. The number of halogens is 3. The van der Waals surface area contributed by atoms with Crippen LogP contribution in [0.1, 0.15) is 48.0 Å². The average Bonchev–Trinajstić information content (AvgIpc) is 2.41. The highest BCUT2D eigenvalue weighted by atomic mass is 35.5. The monoisotopic (exact) mass is 308 g/mol. The van der Waals surface area contributed by atoms with Crippen LogP contribution in [0.2, 0.25) is 5.02 Å². The van der Waals surface area contributed by atoms with Crippen LogP contribution in [0.4, 0.5) is 8.78 Å². The number of hydrogen-bond donors (Lipinski definition) is 1. The number of benzene rings is 2. The van der Waals surface area contributed by atoms with Crippen LogP contribution in [-0.4, -0.2) is 5.11 Å². The molecule has 1 atom stereocenters. The number of hydrogen-bond acceptors (Lipinski definition) is 1. The Morgan fingerprint density at radius 2 is 1.71 bits per heavy atom. The molecule has 0 saturated heterocycles. The highest BCUT2D eigenvalue weighted by Gasteiger charge is 2.21. The molecule has 1 saturated carbocycles. The second kappa shape index (κ2) is 5.74. The Hall–Kier alpha value is -1.45. The summed E-state index contributed by atoms with van der Waals surface area (Å²) in [7, 11) is 0. The van der Waals surface area contributed by atoms with Crippen molar-refractivity contribution in [1.29, 1.82) is 0 Å². The van der Waals surface area contributed by atoms with Gasteiger partial charge in [-0.15, -0.1) is 0 Å². The lowest BCUT2D eigenvalue weighted by Crippen LogP contribution is -2.09. The van der Waals surface area contributed by atoms with E-state index in [1.807, 2.05) is 12.1 Å². The van der Waals surface area contributed by atoms with Crippen molar-refractivity contribution in [2.45, 2.75) is 31.3 Å². The Bertz CT molecular complexity index is 651. The van der Waals surface area contributed by atoms with E-state index in [4.69, 9.17) is 11.6 Å². The summed E-state index contributed by atoms with van der Waals surface area (Å²) in [5, 5.41) is 9.95. The van der Waals surface area contributed by atoms with E-state index in [0.29, 0.717) is 11.5 Å². The lowest BCUT2D eigenvalue weighted by Gasteiger charge is -2.26. The van der Waals surface area contributed by atoms with Crippen LogP contribution in [0.25, 0.3) is 0 Å². The maximum Gasteiger partial charge on any atom is 0.142 e. The first-order valence-electron chi connectivity index (χ1n) is 6.98. The SMILES string of the molecule is OC(c1ccc(C2CCC2)cc1)c1cc(F)c(Cl)cc1F. The van der Waals surface area contributed by atoms with Gasteiger partial charge >= 0.3 is 0 Å². The summed E-state index contributed by atoms with van der Waals surface area (Å²) in [5.41, 5.74) is 1.67. The molecular formula is C17H15ClF2O. The quantitative estimate of drug-likeness (QED) is 0.794. The second-order valence-electron chi connectivity index (χ2n) is 5.48. The van der Waals surface area contributed by atoms with E-state index in [-0.39, 0.29) is 10.6 Å². The van der Waals surface area contributed by atoms with Gasteiger partial charge in [0.25, 0.3) is 0 Å². The molecule has 2 aromatic carbocycles. The number of rotatable bonds is 3. The molecule has 0 amide bonds. The van der Waals surface area contributed by atoms with E-state index >= 15 is 0 Å². The minimum absolute atomic E-state index is 0.103. The Labute approximate surface area is 127 Å². The van der Waals surface area contributed by atoms with Crippen molar-refractivity contribution < 1.29 is 13.9 Å². The van der Waals surface area contributed by atoms with Crippen molar-refractivity contribution in [2.24, 2.45) is 0 Å². The van der Waals surface area contributed by atoms with Crippen LogP contribution in [-0.2, 0) is 0 Å². The van der Waals surface area contributed by atoms with E-state index < -0.39 is 17.7 Å². The molecule has 1 nitrogen and oxygen atoms in total. The van der Waals surface area contributed by atoms with Gasteiger partial charge in [0.2, 0.25) is 0 Å². The van der Waals surface area contributed by atoms with Crippen molar-refractivity contribution in [3.05, 3.63) is 69.7 Å². The molecule has 1 N–H and O–H groups in total. The fraction of sp³-hybridized carbons (Fsp3) is 0.294. The van der Waals surface area contributed by atoms with Gasteiger partial charge in [-0.2, -0.15) is 0 Å². The highest BCUT2D eigenvalue weighted by molar-refractivity contribution is 6.30. The van der Waals surface area contributed by atoms with Gasteiger partial charge in [0.15, 0.2) is 0 Å². The first kappa shape index (κ1) is 14.5. The first-order valence-corrected chi connectivity index (χ1v) is 7.36. The smallest absolute Gasteiger partial charge is 0.142 e. The molecule has 2 aromatic rings. The molecule has 0 aromatic heterocycles. The zero-order valence-electron chi connectivity index (χ0n) is 11.3. The van der Waals surface area contributed by atoms with Gasteiger partial charge < -0.3 is 5.11 Å². The topological polar surface area (TPSA) is 20.2 Å². The molecule has 0 radical (unpaired) electrons. The minimum atomic E-state index is -1.20. The highest BCUT2D eigenvalue weighted by Crippen LogP contribution is 2.37. The van der Waals surface area contributed by atoms with E-state index in [1.165, 1.54) is 24.8 Å². The average molecular weight is 309 g/mol. The summed E-state index contributed by atoms with van der Waals surface area (Å²) in [5.74, 6) is -0.851. The molecule has 1 unspecified atom stereocenters. The van der Waals surface area contributed by atoms with Crippen molar-refractivity contribution in [2.75, 3.05) is 0 Å². The fourth-order valence-electron chi connectivity index (χ4n) is 2.62. The Morgan fingerprint density at radius 1 is 1.05 bits per heavy atom. The largest absolute Gasteiger partial charge is 0.384 e. The Balaban J connectivity index is 1.87. The molecule has 1 fully saturated rings. The van der Waals surface area contributed by atoms with E-state index in [2.05, 4.69) is 0 Å². The molecule has 3 rings (SSSR count). The third-order valence-corrected chi connectivity index (χ3v) is 4.45. The fourth-order valence-corrected chi connectivity index (χ4v) is 2.77. The van der Waals surface area contributed by atoms with Crippen molar-refractivity contribution in [1.82, 2.24) is 0 Å². The predicted octanol–water partition coefficient (Wildman–Crippen LogP) is 4.97. The third-order valence-electron chi connectivity index (χ3n) is 4.16. The number of aliphatic hydroxyl groups is 1. The van der Waals surface area contributed by atoms with Crippen molar-refractivity contribution >= 4 is 11.6 Å². The molecule has 1 aliphatic carbocycles. The molecule has 1 aliphatic rings. The van der Waals surface area contributed by atoms with Gasteiger partial charge in [0.1, 0.15) is 17.7 Å². The molecule has 0 heterocycles. The van der Waals surface area contributed by atoms with Gasteiger partial charge in [0, 0.05) is 5.56 Å². The minimum Gasteiger partial charge on any atom is -0.384 e. The van der Waals surface area contributed by atoms with Crippen LogP contribution >= 0.6 is 11.6 Å².